The van der Waals surface area contributed by atoms with Gasteiger partial charge in [-0.3, -0.25) is 0 Å². The van der Waals surface area contributed by atoms with Crippen molar-refractivity contribution in [3.8, 4) is 0 Å². The highest BCUT2D eigenvalue weighted by atomic mass is 32.2. The van der Waals surface area contributed by atoms with Gasteiger partial charge in [0, 0.05) is 37.9 Å². The quantitative estimate of drug-likeness (QED) is 0.383. The Balaban J connectivity index is 1.60. The Morgan fingerprint density at radius 3 is 2.05 bits per heavy atom. The summed E-state index contributed by atoms with van der Waals surface area (Å²) in [6.45, 7) is 21.5. The van der Waals surface area contributed by atoms with Crippen molar-refractivity contribution in [3.63, 3.8) is 0 Å². The van der Waals surface area contributed by atoms with Gasteiger partial charge in [0.25, 0.3) is 0 Å². The van der Waals surface area contributed by atoms with E-state index in [0.29, 0.717) is 47.5 Å². The zero-order valence-electron chi connectivity index (χ0n) is 24.8. The van der Waals surface area contributed by atoms with Gasteiger partial charge in [0.05, 0.1) is 11.0 Å². The predicted molar refractivity (Wildman–Crippen MR) is 156 cm³/mol. The van der Waals surface area contributed by atoms with Crippen LogP contribution in [0.3, 0.4) is 0 Å². The number of carbonyl (C=O) groups excluding carboxylic acids is 1. The third kappa shape index (κ3) is 6.92. The lowest BCUT2D eigenvalue weighted by molar-refractivity contribution is 0.0489. The molecule has 10 heteroatoms. The molecule has 2 heterocycles. The normalized spacial score (nSPS) is 18.8. The minimum absolute atomic E-state index is 0.0983. The lowest BCUT2D eigenvalue weighted by Gasteiger charge is -2.50. The van der Waals surface area contributed by atoms with Gasteiger partial charge in [0.2, 0.25) is 18.3 Å². The van der Waals surface area contributed by atoms with Gasteiger partial charge in [-0.2, -0.15) is 4.31 Å². The molecule has 8 nitrogen and oxygen atoms in total. The molecule has 2 aliphatic rings. The van der Waals surface area contributed by atoms with E-state index in [-0.39, 0.29) is 12.1 Å². The van der Waals surface area contributed by atoms with Crippen molar-refractivity contribution < 1.29 is 22.4 Å². The van der Waals surface area contributed by atoms with E-state index < -0.39 is 30.0 Å². The van der Waals surface area contributed by atoms with E-state index in [1.807, 2.05) is 32.9 Å². The maximum absolute atomic E-state index is 13.4. The van der Waals surface area contributed by atoms with Crippen LogP contribution in [-0.4, -0.2) is 71.1 Å². The second-order valence-corrected chi connectivity index (χ2v) is 20.1. The van der Waals surface area contributed by atoms with E-state index in [0.717, 1.165) is 18.8 Å². The van der Waals surface area contributed by atoms with E-state index in [1.54, 1.807) is 12.1 Å². The van der Waals surface area contributed by atoms with Crippen LogP contribution in [0.4, 0.5) is 10.5 Å². The predicted octanol–water partition coefficient (Wildman–Crippen LogP) is 5.75. The molecule has 216 valence electrons. The van der Waals surface area contributed by atoms with Crippen LogP contribution in [0.1, 0.15) is 75.2 Å². The summed E-state index contributed by atoms with van der Waals surface area (Å²) in [6.07, 6.45) is 0.830. The Labute approximate surface area is 231 Å². The number of carbonyl (C=O) groups is 1. The van der Waals surface area contributed by atoms with Gasteiger partial charge in [0.15, 0.2) is 0 Å². The van der Waals surface area contributed by atoms with Gasteiger partial charge in [-0.15, -0.1) is 0 Å². The number of ether oxygens (including phenoxy) is 1. The molecule has 1 aromatic carbocycles. The number of hydrogen-bond donors (Lipinski definition) is 1. The zero-order valence-corrected chi connectivity index (χ0v) is 26.6. The van der Waals surface area contributed by atoms with Crippen LogP contribution in [0.2, 0.25) is 16.6 Å². The van der Waals surface area contributed by atoms with Crippen LogP contribution in [0.15, 0.2) is 29.2 Å². The second-order valence-electron chi connectivity index (χ2n) is 12.8. The zero-order chi connectivity index (χ0) is 28.5. The Kier molecular flexibility index (Phi) is 9.65. The number of nitrogens with zero attached hydrogens (tertiary/aromatic N) is 2. The first kappa shape index (κ1) is 30.9. The van der Waals surface area contributed by atoms with Crippen molar-refractivity contribution in [2.75, 3.05) is 31.1 Å². The summed E-state index contributed by atoms with van der Waals surface area (Å²) in [6, 6.07) is 7.16. The van der Waals surface area contributed by atoms with Crippen LogP contribution in [-0.2, 0) is 19.2 Å². The number of benzene rings is 1. The number of nitrogens with one attached hydrogen (secondary N) is 1. The van der Waals surface area contributed by atoms with Crippen molar-refractivity contribution in [3.05, 3.63) is 24.3 Å². The fraction of sp³-hybridized carbons (Fsp3) is 0.750. The SMILES string of the molecule is CC(C)[Si](OC1CN(c2cccc(S(=O)(=O)N3CCC(NC(=O)OC(C)(C)C)CC3)c2)C1)(C(C)C)C(C)C. The third-order valence-corrected chi connectivity index (χ3v) is 16.0. The molecule has 2 aliphatic heterocycles. The Bertz CT molecular complexity index is 1030. The van der Waals surface area contributed by atoms with Crippen LogP contribution in [0.25, 0.3) is 0 Å². The Hall–Kier alpha value is -1.62. The van der Waals surface area contributed by atoms with E-state index in [9.17, 15) is 13.2 Å². The molecular formula is C28H49N3O5SSi. The highest BCUT2D eigenvalue weighted by molar-refractivity contribution is 7.89. The maximum Gasteiger partial charge on any atom is 0.407 e. The fourth-order valence-electron chi connectivity index (χ4n) is 6.12. The summed E-state index contributed by atoms with van der Waals surface area (Å²) >= 11 is 0. The first-order valence-electron chi connectivity index (χ1n) is 14.1. The number of sulfonamides is 1. The van der Waals surface area contributed by atoms with Gasteiger partial charge in [-0.1, -0.05) is 47.6 Å². The summed E-state index contributed by atoms with van der Waals surface area (Å²) < 4.78 is 40.6. The molecule has 0 atom stereocenters. The highest BCUT2D eigenvalue weighted by Crippen LogP contribution is 2.44. The van der Waals surface area contributed by atoms with Gasteiger partial charge in [-0.05, 0) is 68.4 Å². The number of alkyl carbamates (subject to hydrolysis) is 1. The Morgan fingerprint density at radius 1 is 1.00 bits per heavy atom. The topological polar surface area (TPSA) is 88.2 Å². The summed E-state index contributed by atoms with van der Waals surface area (Å²) in [5.41, 5.74) is 1.96. The number of piperidine rings is 1. The van der Waals surface area contributed by atoms with E-state index in [2.05, 4.69) is 51.8 Å². The monoisotopic (exact) mass is 567 g/mol. The minimum Gasteiger partial charge on any atom is -0.444 e. The molecule has 0 bridgehead atoms. The van der Waals surface area contributed by atoms with Crippen molar-refractivity contribution >= 4 is 30.1 Å². The molecule has 0 aliphatic carbocycles. The van der Waals surface area contributed by atoms with Crippen molar-refractivity contribution in [1.82, 2.24) is 9.62 Å². The standard InChI is InChI=1S/C28H49N3O5SSi/c1-20(2)38(21(3)4,22(5)6)36-25-18-30(19-25)24-11-10-12-26(17-24)37(33,34)31-15-13-23(14-16-31)29-27(32)35-28(7,8)9/h10-12,17,20-23,25H,13-16,18-19H2,1-9H3,(H,29,32). The van der Waals surface area contributed by atoms with Crippen LogP contribution in [0, 0.1) is 0 Å². The van der Waals surface area contributed by atoms with E-state index in [4.69, 9.17) is 9.16 Å². The van der Waals surface area contributed by atoms with Gasteiger partial charge < -0.3 is 19.4 Å². The van der Waals surface area contributed by atoms with E-state index >= 15 is 0 Å². The first-order chi connectivity index (χ1) is 17.6. The fourth-order valence-corrected chi connectivity index (χ4v) is 13.2. The summed E-state index contributed by atoms with van der Waals surface area (Å²) in [7, 11) is -5.57. The van der Waals surface area contributed by atoms with Gasteiger partial charge in [0.1, 0.15) is 5.60 Å². The summed E-state index contributed by atoms with van der Waals surface area (Å²) in [5, 5.41) is 2.87. The van der Waals surface area contributed by atoms with E-state index in [1.165, 1.54) is 4.31 Å². The summed E-state index contributed by atoms with van der Waals surface area (Å²) in [4.78, 5) is 14.6. The number of rotatable bonds is 9. The molecule has 2 fully saturated rings. The molecule has 2 saturated heterocycles. The molecule has 3 rings (SSSR count). The molecule has 0 unspecified atom stereocenters. The van der Waals surface area contributed by atoms with Crippen LogP contribution in [0.5, 0.6) is 0 Å². The molecule has 0 spiro atoms. The molecule has 0 saturated carbocycles. The number of amides is 1. The first-order valence-corrected chi connectivity index (χ1v) is 17.7. The van der Waals surface area contributed by atoms with Crippen LogP contribution < -0.4 is 10.2 Å². The van der Waals surface area contributed by atoms with Gasteiger partial charge >= 0.3 is 6.09 Å². The molecule has 1 aromatic rings. The van der Waals surface area contributed by atoms with Crippen LogP contribution >= 0.6 is 0 Å². The average Bonchev–Trinajstić information content (AvgIpc) is 2.76. The molecule has 38 heavy (non-hydrogen) atoms. The largest absolute Gasteiger partial charge is 0.444 e. The highest BCUT2D eigenvalue weighted by Gasteiger charge is 2.48. The smallest absolute Gasteiger partial charge is 0.407 e. The maximum atomic E-state index is 13.4. The number of anilines is 1. The third-order valence-electron chi connectivity index (χ3n) is 7.92. The second kappa shape index (κ2) is 11.9. The average molecular weight is 568 g/mol. The Morgan fingerprint density at radius 2 is 1.55 bits per heavy atom. The van der Waals surface area contributed by atoms with Crippen molar-refractivity contribution in [2.24, 2.45) is 0 Å². The molecule has 1 N–H and O–H groups in total. The molecular weight excluding hydrogens is 518 g/mol. The lowest BCUT2D eigenvalue weighted by atomic mass is 10.1. The lowest BCUT2D eigenvalue weighted by Crippen LogP contribution is -2.60. The van der Waals surface area contributed by atoms with Gasteiger partial charge in [-0.25, -0.2) is 13.2 Å². The summed E-state index contributed by atoms with van der Waals surface area (Å²) in [5.74, 6) is 0. The van der Waals surface area contributed by atoms with Crippen molar-refractivity contribution in [2.45, 2.75) is 114 Å². The minimum atomic E-state index is -3.62. The molecule has 0 aromatic heterocycles. The molecule has 1 amide bonds. The van der Waals surface area contributed by atoms with Crippen molar-refractivity contribution in [1.29, 1.82) is 0 Å². The number of hydrogen-bond acceptors (Lipinski definition) is 6. The molecule has 0 radical (unpaired) electrons.